The molecule has 0 aliphatic carbocycles. The van der Waals surface area contributed by atoms with Crippen LogP contribution in [0.3, 0.4) is 0 Å². The molecule has 0 amide bonds. The van der Waals surface area contributed by atoms with E-state index in [0.717, 1.165) is 11.0 Å². The summed E-state index contributed by atoms with van der Waals surface area (Å²) in [4.78, 5) is 4.65. The summed E-state index contributed by atoms with van der Waals surface area (Å²) in [5, 5.41) is 7.64. The molecule has 0 radical (unpaired) electrons. The van der Waals surface area contributed by atoms with E-state index in [1.807, 2.05) is 12.4 Å². The molecule has 10 rings (SSSR count). The number of pyridine rings is 1. The molecular formula is C35H20N4. The van der Waals surface area contributed by atoms with Gasteiger partial charge in [0.05, 0.1) is 50.3 Å². The first-order valence-electron chi connectivity index (χ1n) is 13.3. The van der Waals surface area contributed by atoms with Gasteiger partial charge in [-0.05, 0) is 42.5 Å². The molecule has 5 aromatic heterocycles. The first kappa shape index (κ1) is 19.7. The van der Waals surface area contributed by atoms with Crippen LogP contribution < -0.4 is 0 Å². The maximum absolute atomic E-state index is 4.65. The van der Waals surface area contributed by atoms with Crippen molar-refractivity contribution in [3.05, 3.63) is 122 Å². The van der Waals surface area contributed by atoms with Gasteiger partial charge in [-0.25, -0.2) is 0 Å². The Hall–Kier alpha value is -5.35. The minimum atomic E-state index is 1.09. The Morgan fingerprint density at radius 3 is 1.62 bits per heavy atom. The normalized spacial score (nSPS) is 12.6. The number of aromatic nitrogens is 4. The summed E-state index contributed by atoms with van der Waals surface area (Å²) in [6.45, 7) is 0. The fourth-order valence-electron chi connectivity index (χ4n) is 7.19. The molecule has 180 valence electrons. The second-order valence-electron chi connectivity index (χ2n) is 10.5. The Bertz CT molecular complexity index is 2440. The molecule has 10 aromatic rings. The second kappa shape index (κ2) is 6.74. The highest BCUT2D eigenvalue weighted by Gasteiger charge is 2.24. The van der Waals surface area contributed by atoms with Crippen LogP contribution in [0, 0.1) is 0 Å². The molecule has 0 aliphatic rings. The zero-order valence-electron chi connectivity index (χ0n) is 20.8. The summed E-state index contributed by atoms with van der Waals surface area (Å²) >= 11 is 0. The maximum Gasteiger partial charge on any atom is 0.0888 e. The van der Waals surface area contributed by atoms with E-state index in [-0.39, 0.29) is 0 Å². The smallest absolute Gasteiger partial charge is 0.0888 e. The highest BCUT2D eigenvalue weighted by Crippen LogP contribution is 2.46. The van der Waals surface area contributed by atoms with Crippen molar-refractivity contribution in [2.24, 2.45) is 0 Å². The van der Waals surface area contributed by atoms with Gasteiger partial charge in [0.1, 0.15) is 0 Å². The lowest BCUT2D eigenvalue weighted by Gasteiger charge is -2.09. The van der Waals surface area contributed by atoms with E-state index in [0.29, 0.717) is 0 Å². The van der Waals surface area contributed by atoms with Crippen LogP contribution in [-0.2, 0) is 0 Å². The summed E-state index contributed by atoms with van der Waals surface area (Å²) in [5.74, 6) is 0. The predicted octanol–water partition coefficient (Wildman–Crippen LogP) is 8.73. The van der Waals surface area contributed by atoms with Gasteiger partial charge >= 0.3 is 0 Å². The summed E-state index contributed by atoms with van der Waals surface area (Å²) < 4.78 is 7.35. The summed E-state index contributed by atoms with van der Waals surface area (Å²) in [6, 6.07) is 39.7. The van der Waals surface area contributed by atoms with Crippen molar-refractivity contribution in [1.29, 1.82) is 0 Å². The topological polar surface area (TPSA) is 26.6 Å². The molecule has 0 aliphatic heterocycles. The van der Waals surface area contributed by atoms with Gasteiger partial charge in [0.2, 0.25) is 0 Å². The quantitative estimate of drug-likeness (QED) is 0.223. The van der Waals surface area contributed by atoms with Crippen LogP contribution in [-0.4, -0.2) is 18.4 Å². The number of hydrogen-bond donors (Lipinski definition) is 0. The van der Waals surface area contributed by atoms with Crippen molar-refractivity contribution in [2.45, 2.75) is 0 Å². The summed E-state index contributed by atoms with van der Waals surface area (Å²) in [5.41, 5.74) is 10.7. The number of para-hydroxylation sites is 3. The number of rotatable bonds is 1. The van der Waals surface area contributed by atoms with Crippen molar-refractivity contribution in [2.75, 3.05) is 0 Å². The van der Waals surface area contributed by atoms with Crippen LogP contribution >= 0.6 is 0 Å². The van der Waals surface area contributed by atoms with Gasteiger partial charge < -0.3 is 13.4 Å². The first-order valence-corrected chi connectivity index (χ1v) is 13.3. The van der Waals surface area contributed by atoms with Gasteiger partial charge in [0, 0.05) is 44.2 Å². The van der Waals surface area contributed by atoms with E-state index in [4.69, 9.17) is 0 Å². The Labute approximate surface area is 221 Å². The summed E-state index contributed by atoms with van der Waals surface area (Å²) in [7, 11) is 0. The lowest BCUT2D eigenvalue weighted by atomic mass is 10.0. The maximum atomic E-state index is 4.65. The number of nitrogens with zero attached hydrogens (tertiary/aromatic N) is 4. The third-order valence-corrected chi connectivity index (χ3v) is 8.64. The fraction of sp³-hybridized carbons (Fsp3) is 0. The van der Waals surface area contributed by atoms with E-state index < -0.39 is 0 Å². The van der Waals surface area contributed by atoms with Gasteiger partial charge in [-0.3, -0.25) is 4.98 Å². The standard InChI is InChI=1S/C35H20N4/c1-2-8-21(9-3-1)37-29-16-14-24-22-10-4-6-12-26(22)38-28-18-19-36-20-31(28)39-27-13-7-5-11-23(27)25-15-17-30(37)33(35(25)39)32(29)34(24)38/h1-20H. The first-order chi connectivity index (χ1) is 19.4. The number of fused-ring (bicyclic) bond motifs is 9. The van der Waals surface area contributed by atoms with Crippen LogP contribution in [0.25, 0.3) is 82.1 Å². The lowest BCUT2D eigenvalue weighted by molar-refractivity contribution is 1.18. The fourth-order valence-corrected chi connectivity index (χ4v) is 7.19. The van der Waals surface area contributed by atoms with Gasteiger partial charge in [0.25, 0.3) is 0 Å². The minimum absolute atomic E-state index is 1.09. The monoisotopic (exact) mass is 496 g/mol. The molecule has 0 atom stereocenters. The average Bonchev–Trinajstić information content (AvgIpc) is 3.62. The van der Waals surface area contributed by atoms with Crippen LogP contribution in [0.15, 0.2) is 122 Å². The Morgan fingerprint density at radius 1 is 0.410 bits per heavy atom. The molecule has 0 unspecified atom stereocenters. The zero-order chi connectivity index (χ0) is 25.2. The van der Waals surface area contributed by atoms with Crippen molar-refractivity contribution in [1.82, 2.24) is 18.4 Å². The molecule has 4 nitrogen and oxygen atoms in total. The molecule has 0 fully saturated rings. The van der Waals surface area contributed by atoms with Gasteiger partial charge in [-0.2, -0.15) is 0 Å². The van der Waals surface area contributed by atoms with Crippen LogP contribution in [0.2, 0.25) is 0 Å². The third-order valence-electron chi connectivity index (χ3n) is 8.64. The number of hydrogen-bond acceptors (Lipinski definition) is 1. The zero-order valence-corrected chi connectivity index (χ0v) is 20.8. The molecule has 5 heterocycles. The Morgan fingerprint density at radius 2 is 0.974 bits per heavy atom. The van der Waals surface area contributed by atoms with Crippen molar-refractivity contribution in [3.8, 4) is 5.69 Å². The van der Waals surface area contributed by atoms with Crippen molar-refractivity contribution < 1.29 is 0 Å². The van der Waals surface area contributed by atoms with Gasteiger partial charge in [0.15, 0.2) is 0 Å². The molecular weight excluding hydrogens is 476 g/mol. The SMILES string of the molecule is c1ccc(-n2c3ccc4c5ccccc5n5c6ccncc6n6c7ccccc7c7ccc2c(c3c45)c76)cc1. The van der Waals surface area contributed by atoms with E-state index in [9.17, 15) is 0 Å². The molecule has 0 spiro atoms. The van der Waals surface area contributed by atoms with E-state index in [2.05, 4.69) is 128 Å². The third kappa shape index (κ3) is 2.22. The highest BCUT2D eigenvalue weighted by molar-refractivity contribution is 6.33. The van der Waals surface area contributed by atoms with Crippen molar-refractivity contribution >= 4 is 76.5 Å². The highest BCUT2D eigenvalue weighted by atomic mass is 15.0. The molecule has 0 saturated carbocycles. The van der Waals surface area contributed by atoms with Crippen molar-refractivity contribution in [3.63, 3.8) is 0 Å². The molecule has 0 saturated heterocycles. The Balaban J connectivity index is 1.69. The second-order valence-corrected chi connectivity index (χ2v) is 10.5. The minimum Gasteiger partial charge on any atom is -0.309 e. The molecule has 0 bridgehead atoms. The van der Waals surface area contributed by atoms with Gasteiger partial charge in [-0.1, -0.05) is 66.7 Å². The van der Waals surface area contributed by atoms with Crippen LogP contribution in [0.5, 0.6) is 0 Å². The average molecular weight is 497 g/mol. The summed E-state index contributed by atoms with van der Waals surface area (Å²) in [6.07, 6.45) is 3.95. The largest absolute Gasteiger partial charge is 0.309 e. The number of benzene rings is 5. The van der Waals surface area contributed by atoms with Crippen LogP contribution in [0.1, 0.15) is 0 Å². The van der Waals surface area contributed by atoms with Gasteiger partial charge in [-0.15, -0.1) is 0 Å². The Kier molecular flexibility index (Phi) is 3.41. The van der Waals surface area contributed by atoms with Crippen LogP contribution in [0.4, 0.5) is 0 Å². The molecule has 39 heavy (non-hydrogen) atoms. The van der Waals surface area contributed by atoms with E-state index in [1.54, 1.807) is 0 Å². The van der Waals surface area contributed by atoms with E-state index in [1.165, 1.54) is 71.1 Å². The molecule has 4 heteroatoms. The lowest BCUT2D eigenvalue weighted by Crippen LogP contribution is -1.94. The molecule has 5 aromatic carbocycles. The van der Waals surface area contributed by atoms with E-state index >= 15 is 0 Å². The predicted molar refractivity (Wildman–Crippen MR) is 162 cm³/mol. The molecule has 0 N–H and O–H groups in total.